The van der Waals surface area contributed by atoms with Crippen molar-refractivity contribution >= 4 is 5.97 Å². The van der Waals surface area contributed by atoms with Crippen LogP contribution in [-0.2, 0) is 9.53 Å². The molecule has 1 saturated heterocycles. The Kier molecular flexibility index (Phi) is 4.40. The molecule has 1 aliphatic heterocycles. The molecule has 1 heterocycles. The Morgan fingerprint density at radius 2 is 2.12 bits per heavy atom. The van der Waals surface area contributed by atoms with E-state index in [-0.39, 0.29) is 24.2 Å². The SMILES string of the molecule is CCOC(=O)C1CCCCN1[C@@H]1CCC[C@H]1O. The maximum absolute atomic E-state index is 11.9. The summed E-state index contributed by atoms with van der Waals surface area (Å²) in [5, 5.41) is 9.98. The van der Waals surface area contributed by atoms with Gasteiger partial charge in [0.1, 0.15) is 6.04 Å². The van der Waals surface area contributed by atoms with Gasteiger partial charge in [-0.3, -0.25) is 9.69 Å². The number of aliphatic hydroxyl groups excluding tert-OH is 1. The fourth-order valence-corrected chi connectivity index (χ4v) is 3.15. The van der Waals surface area contributed by atoms with Gasteiger partial charge in [0.05, 0.1) is 12.7 Å². The Morgan fingerprint density at radius 3 is 2.76 bits per heavy atom. The summed E-state index contributed by atoms with van der Waals surface area (Å²) in [7, 11) is 0. The second-order valence-electron chi connectivity index (χ2n) is 5.07. The van der Waals surface area contributed by atoms with Gasteiger partial charge >= 0.3 is 5.97 Å². The number of rotatable bonds is 3. The van der Waals surface area contributed by atoms with Gasteiger partial charge in [-0.2, -0.15) is 0 Å². The van der Waals surface area contributed by atoms with Gasteiger partial charge in [-0.1, -0.05) is 6.42 Å². The molecule has 0 aromatic rings. The number of carbonyl (C=O) groups excluding carboxylic acids is 1. The first-order valence-electron chi connectivity index (χ1n) is 6.84. The first kappa shape index (κ1) is 12.8. The number of esters is 1. The summed E-state index contributed by atoms with van der Waals surface area (Å²) < 4.78 is 5.14. The summed E-state index contributed by atoms with van der Waals surface area (Å²) in [5.74, 6) is -0.105. The Labute approximate surface area is 103 Å². The number of likely N-dealkylation sites (tertiary alicyclic amines) is 1. The second-order valence-corrected chi connectivity index (χ2v) is 5.07. The molecule has 4 nitrogen and oxygen atoms in total. The first-order valence-corrected chi connectivity index (χ1v) is 6.84. The van der Waals surface area contributed by atoms with E-state index in [0.29, 0.717) is 6.61 Å². The highest BCUT2D eigenvalue weighted by Crippen LogP contribution is 2.30. The number of hydrogen-bond donors (Lipinski definition) is 1. The Bertz CT molecular complexity index is 269. The van der Waals surface area contributed by atoms with Gasteiger partial charge in [0.15, 0.2) is 0 Å². The van der Waals surface area contributed by atoms with E-state index in [2.05, 4.69) is 4.90 Å². The number of aliphatic hydroxyl groups is 1. The van der Waals surface area contributed by atoms with Gasteiger partial charge < -0.3 is 9.84 Å². The third-order valence-electron chi connectivity index (χ3n) is 3.97. The average molecular weight is 241 g/mol. The van der Waals surface area contributed by atoms with Gasteiger partial charge in [-0.25, -0.2) is 0 Å². The fraction of sp³-hybridized carbons (Fsp3) is 0.923. The number of ether oxygens (including phenoxy) is 1. The van der Waals surface area contributed by atoms with Gasteiger partial charge in [0, 0.05) is 6.04 Å². The smallest absolute Gasteiger partial charge is 0.323 e. The number of nitrogens with zero attached hydrogens (tertiary/aromatic N) is 1. The maximum atomic E-state index is 11.9. The number of carbonyl (C=O) groups is 1. The summed E-state index contributed by atoms with van der Waals surface area (Å²) in [4.78, 5) is 14.1. The summed E-state index contributed by atoms with van der Waals surface area (Å²) in [5.41, 5.74) is 0. The highest BCUT2D eigenvalue weighted by molar-refractivity contribution is 5.76. The predicted octanol–water partition coefficient (Wildman–Crippen LogP) is 1.32. The Morgan fingerprint density at radius 1 is 1.29 bits per heavy atom. The average Bonchev–Trinajstić information content (AvgIpc) is 2.76. The molecule has 0 bridgehead atoms. The van der Waals surface area contributed by atoms with Crippen molar-refractivity contribution in [1.82, 2.24) is 4.90 Å². The van der Waals surface area contributed by atoms with Crippen LogP contribution in [0.25, 0.3) is 0 Å². The van der Waals surface area contributed by atoms with Crippen LogP contribution in [0.4, 0.5) is 0 Å². The van der Waals surface area contributed by atoms with Crippen LogP contribution in [0, 0.1) is 0 Å². The Hall–Kier alpha value is -0.610. The standard InChI is InChI=1S/C13H23NO3/c1-2-17-13(16)11-6-3-4-9-14(11)10-7-5-8-12(10)15/h10-12,15H,2-9H2,1H3/t10-,11?,12-/m1/s1. The summed E-state index contributed by atoms with van der Waals surface area (Å²) in [6, 6.07) is 0.0474. The van der Waals surface area contributed by atoms with Crippen molar-refractivity contribution < 1.29 is 14.6 Å². The number of hydrogen-bond acceptors (Lipinski definition) is 4. The number of piperidine rings is 1. The zero-order chi connectivity index (χ0) is 12.3. The lowest BCUT2D eigenvalue weighted by molar-refractivity contribution is -0.153. The van der Waals surface area contributed by atoms with E-state index >= 15 is 0 Å². The van der Waals surface area contributed by atoms with E-state index < -0.39 is 0 Å². The van der Waals surface area contributed by atoms with E-state index in [1.54, 1.807) is 0 Å². The molecule has 17 heavy (non-hydrogen) atoms. The Balaban J connectivity index is 2.03. The quantitative estimate of drug-likeness (QED) is 0.757. The molecule has 0 radical (unpaired) electrons. The molecule has 1 N–H and O–H groups in total. The normalized spacial score (nSPS) is 34.8. The first-order chi connectivity index (χ1) is 8.24. The monoisotopic (exact) mass is 241 g/mol. The molecular weight excluding hydrogens is 218 g/mol. The third kappa shape index (κ3) is 2.80. The molecule has 0 aromatic carbocycles. The van der Waals surface area contributed by atoms with Crippen LogP contribution < -0.4 is 0 Å². The van der Waals surface area contributed by atoms with Crippen molar-refractivity contribution in [3.8, 4) is 0 Å². The van der Waals surface area contributed by atoms with Gasteiger partial charge in [-0.05, 0) is 45.6 Å². The molecule has 1 saturated carbocycles. The van der Waals surface area contributed by atoms with Crippen LogP contribution in [-0.4, -0.2) is 47.3 Å². The lowest BCUT2D eigenvalue weighted by Gasteiger charge is -2.39. The van der Waals surface area contributed by atoms with Crippen molar-refractivity contribution in [3.63, 3.8) is 0 Å². The van der Waals surface area contributed by atoms with E-state index in [0.717, 1.165) is 45.1 Å². The van der Waals surface area contributed by atoms with Crippen LogP contribution >= 0.6 is 0 Å². The lowest BCUT2D eigenvalue weighted by atomic mass is 9.98. The topological polar surface area (TPSA) is 49.8 Å². The molecule has 2 rings (SSSR count). The van der Waals surface area contributed by atoms with Crippen LogP contribution in [0.15, 0.2) is 0 Å². The molecule has 98 valence electrons. The fourth-order valence-electron chi connectivity index (χ4n) is 3.15. The third-order valence-corrected chi connectivity index (χ3v) is 3.97. The predicted molar refractivity (Wildman–Crippen MR) is 64.6 cm³/mol. The van der Waals surface area contributed by atoms with Crippen LogP contribution in [0.3, 0.4) is 0 Å². The zero-order valence-electron chi connectivity index (χ0n) is 10.6. The minimum atomic E-state index is -0.259. The maximum Gasteiger partial charge on any atom is 0.323 e. The molecular formula is C13H23NO3. The molecule has 4 heteroatoms. The van der Waals surface area contributed by atoms with Crippen molar-refractivity contribution in [2.24, 2.45) is 0 Å². The van der Waals surface area contributed by atoms with Crippen LogP contribution in [0.2, 0.25) is 0 Å². The van der Waals surface area contributed by atoms with Gasteiger partial charge in [0.2, 0.25) is 0 Å². The highest BCUT2D eigenvalue weighted by atomic mass is 16.5. The van der Waals surface area contributed by atoms with Crippen LogP contribution in [0.5, 0.6) is 0 Å². The highest BCUT2D eigenvalue weighted by Gasteiger charge is 2.39. The van der Waals surface area contributed by atoms with Gasteiger partial charge in [-0.15, -0.1) is 0 Å². The molecule has 0 spiro atoms. The van der Waals surface area contributed by atoms with Crippen LogP contribution in [0.1, 0.15) is 45.4 Å². The minimum Gasteiger partial charge on any atom is -0.465 e. The minimum absolute atomic E-state index is 0.105. The van der Waals surface area contributed by atoms with E-state index in [9.17, 15) is 9.90 Å². The second kappa shape index (κ2) is 5.83. The molecule has 1 aliphatic carbocycles. The van der Waals surface area contributed by atoms with Crippen molar-refractivity contribution in [2.45, 2.75) is 63.6 Å². The molecule has 0 amide bonds. The molecule has 1 unspecified atom stereocenters. The molecule has 0 aromatic heterocycles. The van der Waals surface area contributed by atoms with Crippen molar-refractivity contribution in [1.29, 1.82) is 0 Å². The molecule has 3 atom stereocenters. The van der Waals surface area contributed by atoms with Crippen molar-refractivity contribution in [2.75, 3.05) is 13.2 Å². The van der Waals surface area contributed by atoms with Gasteiger partial charge in [0.25, 0.3) is 0 Å². The van der Waals surface area contributed by atoms with E-state index in [4.69, 9.17) is 4.74 Å². The molecule has 2 aliphatic rings. The van der Waals surface area contributed by atoms with E-state index in [1.165, 1.54) is 0 Å². The molecule has 2 fully saturated rings. The van der Waals surface area contributed by atoms with E-state index in [1.807, 2.05) is 6.92 Å². The lowest BCUT2D eigenvalue weighted by Crippen LogP contribution is -2.53. The summed E-state index contributed by atoms with van der Waals surface area (Å²) >= 11 is 0. The largest absolute Gasteiger partial charge is 0.465 e. The summed E-state index contributed by atoms with van der Waals surface area (Å²) in [6.45, 7) is 3.21. The van der Waals surface area contributed by atoms with Crippen molar-refractivity contribution in [3.05, 3.63) is 0 Å². The zero-order valence-corrected chi connectivity index (χ0v) is 10.6. The summed E-state index contributed by atoms with van der Waals surface area (Å²) in [6.07, 6.45) is 5.78.